The van der Waals surface area contributed by atoms with Gasteiger partial charge in [0.1, 0.15) is 12.1 Å². The van der Waals surface area contributed by atoms with Crippen LogP contribution in [0.4, 0.5) is 10.5 Å². The Morgan fingerprint density at radius 3 is 2.78 bits per heavy atom. The minimum absolute atomic E-state index is 0.247. The molecule has 2 aromatic carbocycles. The highest BCUT2D eigenvalue weighted by Crippen LogP contribution is 2.28. The summed E-state index contributed by atoms with van der Waals surface area (Å²) in [4.78, 5) is 26.2. The van der Waals surface area contributed by atoms with E-state index < -0.39 is 0 Å². The zero-order valence-corrected chi connectivity index (χ0v) is 12.9. The average Bonchev–Trinajstić information content (AvgIpc) is 2.59. The summed E-state index contributed by atoms with van der Waals surface area (Å²) < 4.78 is 0. The van der Waals surface area contributed by atoms with Crippen LogP contribution in [0.25, 0.3) is 10.8 Å². The molecule has 2 amide bonds. The number of carbonyl (C=O) groups excluding carboxylic acids is 2. The first-order valence-corrected chi connectivity index (χ1v) is 7.43. The van der Waals surface area contributed by atoms with Crippen LogP contribution in [0.2, 0.25) is 0 Å². The van der Waals surface area contributed by atoms with E-state index in [4.69, 9.17) is 5.41 Å². The highest BCUT2D eigenvalue weighted by atomic mass is 16.2. The van der Waals surface area contributed by atoms with Crippen molar-refractivity contribution in [2.75, 3.05) is 31.6 Å². The lowest BCUT2D eigenvalue weighted by molar-refractivity contribution is 0.112. The quantitative estimate of drug-likeness (QED) is 0.834. The first kappa shape index (κ1) is 15.0. The number of rotatable bonds is 2. The van der Waals surface area contributed by atoms with Gasteiger partial charge in [0.05, 0.1) is 6.54 Å². The molecule has 1 heterocycles. The number of nitrogens with one attached hydrogen (secondary N) is 2. The lowest BCUT2D eigenvalue weighted by Gasteiger charge is -2.36. The van der Waals surface area contributed by atoms with Crippen LogP contribution in [0, 0.1) is 5.41 Å². The average molecular weight is 310 g/mol. The van der Waals surface area contributed by atoms with Gasteiger partial charge in [-0.3, -0.25) is 15.1 Å². The number of aldehydes is 1. The fourth-order valence-electron chi connectivity index (χ4n) is 2.90. The first-order valence-electron chi connectivity index (χ1n) is 7.43. The molecule has 0 saturated carbocycles. The van der Waals surface area contributed by atoms with Crippen LogP contribution in [0.1, 0.15) is 10.4 Å². The zero-order valence-electron chi connectivity index (χ0n) is 12.9. The second-order valence-corrected chi connectivity index (χ2v) is 5.45. The molecule has 0 aliphatic carbocycles. The second-order valence-electron chi connectivity index (χ2n) is 5.45. The van der Waals surface area contributed by atoms with Crippen LogP contribution in [-0.4, -0.2) is 49.7 Å². The molecular weight excluding hydrogens is 292 g/mol. The van der Waals surface area contributed by atoms with E-state index in [1.165, 1.54) is 4.90 Å². The van der Waals surface area contributed by atoms with Gasteiger partial charge in [-0.2, -0.15) is 0 Å². The Hall–Kier alpha value is -2.89. The number of urea groups is 1. The van der Waals surface area contributed by atoms with Gasteiger partial charge >= 0.3 is 6.03 Å². The number of nitrogens with zero attached hydrogens (tertiary/aromatic N) is 2. The van der Waals surface area contributed by atoms with Gasteiger partial charge in [0.15, 0.2) is 0 Å². The molecule has 0 radical (unpaired) electrons. The van der Waals surface area contributed by atoms with Crippen molar-refractivity contribution >= 4 is 34.6 Å². The molecule has 0 spiro atoms. The zero-order chi connectivity index (χ0) is 16.4. The Kier molecular flexibility index (Phi) is 3.97. The molecule has 23 heavy (non-hydrogen) atoms. The number of amidine groups is 1. The maximum absolute atomic E-state index is 11.7. The molecule has 0 unspecified atom stereocenters. The summed E-state index contributed by atoms with van der Waals surface area (Å²) in [5, 5.41) is 12.7. The van der Waals surface area contributed by atoms with E-state index in [-0.39, 0.29) is 11.9 Å². The van der Waals surface area contributed by atoms with Crippen LogP contribution in [0.3, 0.4) is 0 Å². The third kappa shape index (κ3) is 2.75. The van der Waals surface area contributed by atoms with Crippen molar-refractivity contribution in [1.82, 2.24) is 10.2 Å². The van der Waals surface area contributed by atoms with E-state index in [9.17, 15) is 9.59 Å². The first-order chi connectivity index (χ1) is 11.1. The van der Waals surface area contributed by atoms with Crippen molar-refractivity contribution in [2.45, 2.75) is 0 Å². The molecule has 6 nitrogen and oxygen atoms in total. The van der Waals surface area contributed by atoms with Crippen molar-refractivity contribution in [3.63, 3.8) is 0 Å². The number of hydrogen-bond donors (Lipinski definition) is 2. The smallest absolute Gasteiger partial charge is 0.322 e. The molecule has 6 heteroatoms. The number of piperazine rings is 1. The molecular formula is C17H18N4O2. The van der Waals surface area contributed by atoms with E-state index in [0.29, 0.717) is 25.2 Å². The summed E-state index contributed by atoms with van der Waals surface area (Å²) in [7, 11) is 1.57. The molecule has 0 aromatic heterocycles. The minimum Gasteiger partial charge on any atom is -0.362 e. The monoisotopic (exact) mass is 310 g/mol. The van der Waals surface area contributed by atoms with E-state index in [1.807, 2.05) is 30.3 Å². The fourth-order valence-corrected chi connectivity index (χ4v) is 2.90. The summed E-state index contributed by atoms with van der Waals surface area (Å²) in [6.45, 7) is 1.51. The Balaban J connectivity index is 1.91. The van der Waals surface area contributed by atoms with Crippen LogP contribution < -0.4 is 10.2 Å². The minimum atomic E-state index is -0.247. The molecule has 118 valence electrons. The second kappa shape index (κ2) is 6.08. The number of benzene rings is 2. The number of amides is 2. The lowest BCUT2D eigenvalue weighted by Crippen LogP contribution is -2.54. The third-order valence-electron chi connectivity index (χ3n) is 4.08. The van der Waals surface area contributed by atoms with Crippen LogP contribution >= 0.6 is 0 Å². The molecule has 1 aliphatic heterocycles. The molecule has 0 bridgehead atoms. The van der Waals surface area contributed by atoms with Gasteiger partial charge in [0, 0.05) is 36.8 Å². The number of anilines is 1. The van der Waals surface area contributed by atoms with Crippen molar-refractivity contribution in [3.05, 3.63) is 42.0 Å². The number of hydrogen-bond acceptors (Lipinski definition) is 4. The lowest BCUT2D eigenvalue weighted by atomic mass is 10.0. The highest BCUT2D eigenvalue weighted by Gasteiger charge is 2.26. The van der Waals surface area contributed by atoms with E-state index in [1.54, 1.807) is 13.1 Å². The van der Waals surface area contributed by atoms with Crippen molar-refractivity contribution < 1.29 is 9.59 Å². The molecule has 2 N–H and O–H groups in total. The Bertz CT molecular complexity index is 787. The number of carbonyl (C=O) groups is 2. The summed E-state index contributed by atoms with van der Waals surface area (Å²) in [6, 6.07) is 11.3. The van der Waals surface area contributed by atoms with Gasteiger partial charge in [-0.15, -0.1) is 0 Å². The standard InChI is InChI=1S/C17H18N4O2/c1-19-17(23)21-8-7-20(10-16(21)18)15-4-2-3-13-9-12(11-22)5-6-14(13)15/h2-6,9,11,18H,7-8,10H2,1H3,(H,19,23). The molecule has 0 atom stereocenters. The topological polar surface area (TPSA) is 76.5 Å². The Morgan fingerprint density at radius 1 is 1.26 bits per heavy atom. The summed E-state index contributed by atoms with van der Waals surface area (Å²) in [5.41, 5.74) is 1.66. The van der Waals surface area contributed by atoms with Crippen molar-refractivity contribution in [3.8, 4) is 0 Å². The maximum Gasteiger partial charge on any atom is 0.322 e. The highest BCUT2D eigenvalue weighted by molar-refractivity contribution is 6.02. The van der Waals surface area contributed by atoms with Crippen LogP contribution in [0.15, 0.2) is 36.4 Å². The molecule has 1 aliphatic rings. The van der Waals surface area contributed by atoms with Gasteiger partial charge in [0.25, 0.3) is 0 Å². The van der Waals surface area contributed by atoms with Gasteiger partial charge < -0.3 is 10.2 Å². The third-order valence-corrected chi connectivity index (χ3v) is 4.08. The largest absolute Gasteiger partial charge is 0.362 e. The summed E-state index contributed by atoms with van der Waals surface area (Å²) in [5.74, 6) is 0.275. The normalized spacial score (nSPS) is 14.9. The Labute approximate surface area is 134 Å². The molecule has 1 saturated heterocycles. The van der Waals surface area contributed by atoms with Crippen molar-refractivity contribution in [1.29, 1.82) is 5.41 Å². The summed E-state index contributed by atoms with van der Waals surface area (Å²) in [6.07, 6.45) is 0.837. The van der Waals surface area contributed by atoms with E-state index in [2.05, 4.69) is 10.2 Å². The maximum atomic E-state index is 11.7. The predicted octanol–water partition coefficient (Wildman–Crippen LogP) is 2.09. The Morgan fingerprint density at radius 2 is 2.09 bits per heavy atom. The van der Waals surface area contributed by atoms with Gasteiger partial charge in [-0.1, -0.05) is 24.3 Å². The van der Waals surface area contributed by atoms with E-state index in [0.717, 1.165) is 22.7 Å². The number of fused-ring (bicyclic) bond motifs is 1. The molecule has 3 rings (SSSR count). The summed E-state index contributed by atoms with van der Waals surface area (Å²) >= 11 is 0. The van der Waals surface area contributed by atoms with Crippen molar-refractivity contribution in [2.24, 2.45) is 0 Å². The SMILES string of the molecule is CNC(=O)N1CCN(c2cccc3cc(C=O)ccc23)CC1=N. The predicted molar refractivity (Wildman–Crippen MR) is 90.4 cm³/mol. The molecule has 2 aromatic rings. The van der Waals surface area contributed by atoms with Crippen LogP contribution in [-0.2, 0) is 0 Å². The van der Waals surface area contributed by atoms with E-state index >= 15 is 0 Å². The van der Waals surface area contributed by atoms with Crippen LogP contribution in [0.5, 0.6) is 0 Å². The van der Waals surface area contributed by atoms with Gasteiger partial charge in [0.2, 0.25) is 0 Å². The van der Waals surface area contributed by atoms with Gasteiger partial charge in [-0.25, -0.2) is 4.79 Å². The fraction of sp³-hybridized carbons (Fsp3) is 0.235. The molecule has 1 fully saturated rings. The van der Waals surface area contributed by atoms with Gasteiger partial charge in [-0.05, 0) is 17.5 Å².